The van der Waals surface area contributed by atoms with Gasteiger partial charge < -0.3 is 39.4 Å². The van der Waals surface area contributed by atoms with E-state index in [0.717, 1.165) is 18.6 Å². The van der Waals surface area contributed by atoms with Crippen molar-refractivity contribution in [2.45, 2.75) is 156 Å². The highest BCUT2D eigenvalue weighted by Gasteiger charge is 2.75. The van der Waals surface area contributed by atoms with Crippen molar-refractivity contribution in [1.82, 2.24) is 0 Å². The van der Waals surface area contributed by atoms with E-state index in [1.807, 2.05) is 26.8 Å². The van der Waals surface area contributed by atoms with Crippen molar-refractivity contribution in [1.29, 1.82) is 0 Å². The van der Waals surface area contributed by atoms with Crippen LogP contribution in [0.15, 0.2) is 23.8 Å². The predicted molar refractivity (Wildman–Crippen MR) is 189 cm³/mol. The Morgan fingerprint density at radius 2 is 1.53 bits per heavy atom. The maximum Gasteiger partial charge on any atom is 0.303 e. The molecule has 296 valence electrons. The van der Waals surface area contributed by atoms with Crippen molar-refractivity contribution < 1.29 is 63.3 Å². The lowest BCUT2D eigenvalue weighted by molar-refractivity contribution is -0.314. The summed E-state index contributed by atoms with van der Waals surface area (Å²) in [5, 5.41) is 45.2. The van der Waals surface area contributed by atoms with Crippen LogP contribution in [0.5, 0.6) is 0 Å². The fourth-order valence-corrected chi connectivity index (χ4v) is 11.0. The molecule has 0 spiro atoms. The lowest BCUT2D eigenvalue weighted by Gasteiger charge is -2.64. The van der Waals surface area contributed by atoms with Gasteiger partial charge in [0, 0.05) is 37.0 Å². The summed E-state index contributed by atoms with van der Waals surface area (Å²) in [5.74, 6) is -4.46. The minimum Gasteiger partial charge on any atom is -0.457 e. The molecule has 13 nitrogen and oxygen atoms in total. The van der Waals surface area contributed by atoms with E-state index >= 15 is 0 Å². The third-order valence-corrected chi connectivity index (χ3v) is 13.8. The first kappa shape index (κ1) is 41.4. The summed E-state index contributed by atoms with van der Waals surface area (Å²) in [6.07, 6.45) is -3.79. The Bertz CT molecular complexity index is 1600. The van der Waals surface area contributed by atoms with E-state index in [9.17, 15) is 44.4 Å². The maximum atomic E-state index is 14.9. The van der Waals surface area contributed by atoms with Crippen LogP contribution < -0.4 is 0 Å². The number of Topliss-reactive ketones (excluding diaryl/α,β-unsaturated/α-hetero) is 2. The Morgan fingerprint density at radius 1 is 0.943 bits per heavy atom. The summed E-state index contributed by atoms with van der Waals surface area (Å²) >= 11 is 0. The van der Waals surface area contributed by atoms with Crippen molar-refractivity contribution >= 4 is 29.3 Å². The van der Waals surface area contributed by atoms with E-state index in [-0.39, 0.29) is 36.7 Å². The van der Waals surface area contributed by atoms with Crippen LogP contribution >= 0.6 is 0 Å². The number of ketones is 3. The number of hydrogen-bond acceptors (Lipinski definition) is 13. The SMILES string of the molecule is CC(=O)OC1C(C)OC(OC2CC3(C)C4CC=C5C(CC(O)C(=O)C5(C)C)C4(C)C(=O)CC3(C)C2C(C)(O)C(=O)C=CC(C)(C)O)C(OC(C)=O)C1O. The molecule has 53 heavy (non-hydrogen) atoms. The maximum absolute atomic E-state index is 14.9. The van der Waals surface area contributed by atoms with Crippen molar-refractivity contribution in [2.75, 3.05) is 0 Å². The van der Waals surface area contributed by atoms with Gasteiger partial charge in [-0.15, -0.1) is 0 Å². The van der Waals surface area contributed by atoms with Gasteiger partial charge in [-0.25, -0.2) is 0 Å². The summed E-state index contributed by atoms with van der Waals surface area (Å²) in [5.41, 5.74) is -6.62. The zero-order valence-electron chi connectivity index (χ0n) is 32.8. The number of carbonyl (C=O) groups is 5. The van der Waals surface area contributed by atoms with Crippen LogP contribution in [-0.2, 0) is 42.9 Å². The lowest BCUT2D eigenvalue weighted by Crippen LogP contribution is -2.65. The zero-order chi connectivity index (χ0) is 40.0. The molecular formula is C40H58O13. The number of carbonyl (C=O) groups excluding carboxylic acids is 5. The summed E-state index contributed by atoms with van der Waals surface area (Å²) in [6, 6.07) is 0. The Labute approximate surface area is 311 Å². The fraction of sp³-hybridized carbons (Fsp3) is 0.775. The second kappa shape index (κ2) is 13.4. The smallest absolute Gasteiger partial charge is 0.303 e. The van der Waals surface area contributed by atoms with Gasteiger partial charge in [0.25, 0.3) is 0 Å². The third-order valence-electron chi connectivity index (χ3n) is 13.8. The molecule has 0 bridgehead atoms. The number of rotatable bonds is 8. The summed E-state index contributed by atoms with van der Waals surface area (Å²) in [4.78, 5) is 66.3. The van der Waals surface area contributed by atoms with E-state index in [1.54, 1.807) is 20.8 Å². The normalized spacial score (nSPS) is 43.6. The number of hydrogen-bond donors (Lipinski definition) is 4. The largest absolute Gasteiger partial charge is 0.457 e. The van der Waals surface area contributed by atoms with Gasteiger partial charge in [-0.3, -0.25) is 24.0 Å². The molecule has 0 aromatic heterocycles. The Morgan fingerprint density at radius 3 is 2.09 bits per heavy atom. The van der Waals surface area contributed by atoms with Gasteiger partial charge in [0.15, 0.2) is 30.1 Å². The Hall–Kier alpha value is -2.81. The van der Waals surface area contributed by atoms with Crippen molar-refractivity contribution in [3.8, 4) is 0 Å². The Kier molecular flexibility index (Phi) is 10.5. The molecule has 4 N–H and O–H groups in total. The second-order valence-corrected chi connectivity index (χ2v) is 18.2. The molecule has 14 atom stereocenters. The summed E-state index contributed by atoms with van der Waals surface area (Å²) in [6.45, 7) is 17.6. The number of esters is 2. The standard InChI is InChI=1S/C40H58O13/c1-19-30(51-20(2)41)29(46)31(52-21(3)42)34(50-19)53-25-17-37(8)26-13-12-22-23(16-24(43)33(47)36(22,6)7)39(26,10)28(45)18-38(37,9)32(25)40(11,49)27(44)14-15-35(4,5)48/h12,14-15,19,23-26,29-32,34,43,46,48-49H,13,16-18H2,1-11H3. The monoisotopic (exact) mass is 746 g/mol. The summed E-state index contributed by atoms with van der Waals surface area (Å²) < 4.78 is 23.7. The van der Waals surface area contributed by atoms with Crippen molar-refractivity contribution in [2.24, 2.45) is 39.4 Å². The quantitative estimate of drug-likeness (QED) is 0.161. The average molecular weight is 747 g/mol. The van der Waals surface area contributed by atoms with Crippen LogP contribution in [0, 0.1) is 39.4 Å². The second-order valence-electron chi connectivity index (χ2n) is 18.2. The highest BCUT2D eigenvalue weighted by atomic mass is 16.7. The van der Waals surface area contributed by atoms with Crippen LogP contribution in [0.2, 0.25) is 0 Å². The molecule has 3 saturated carbocycles. The number of aliphatic hydroxyl groups is 4. The molecule has 1 saturated heterocycles. The van der Waals surface area contributed by atoms with Crippen LogP contribution in [0.25, 0.3) is 0 Å². The molecule has 0 aromatic carbocycles. The van der Waals surface area contributed by atoms with Crippen LogP contribution in [0.3, 0.4) is 0 Å². The van der Waals surface area contributed by atoms with E-state index in [0.29, 0.717) is 6.42 Å². The Balaban J connectivity index is 1.64. The number of aliphatic hydroxyl groups excluding tert-OH is 2. The van der Waals surface area contributed by atoms with E-state index < -0.39 is 105 Å². The van der Waals surface area contributed by atoms with Gasteiger partial charge in [-0.05, 0) is 89.5 Å². The van der Waals surface area contributed by atoms with E-state index in [1.165, 1.54) is 33.8 Å². The fourth-order valence-electron chi connectivity index (χ4n) is 11.0. The molecule has 1 heterocycles. The highest BCUT2D eigenvalue weighted by Crippen LogP contribution is 2.74. The van der Waals surface area contributed by atoms with Gasteiger partial charge in [0.2, 0.25) is 0 Å². The topological polar surface area (TPSA) is 203 Å². The molecule has 4 aliphatic carbocycles. The van der Waals surface area contributed by atoms with Crippen molar-refractivity contribution in [3.05, 3.63) is 23.8 Å². The van der Waals surface area contributed by atoms with Gasteiger partial charge in [0.1, 0.15) is 23.6 Å². The lowest BCUT2D eigenvalue weighted by atomic mass is 9.38. The van der Waals surface area contributed by atoms with Crippen LogP contribution in [0.4, 0.5) is 0 Å². The third kappa shape index (κ3) is 6.56. The van der Waals surface area contributed by atoms with Gasteiger partial charge in [-0.2, -0.15) is 0 Å². The number of allylic oxidation sites excluding steroid dienone is 2. The first-order chi connectivity index (χ1) is 24.1. The van der Waals surface area contributed by atoms with Gasteiger partial charge in [0.05, 0.1) is 17.8 Å². The zero-order valence-corrected chi connectivity index (χ0v) is 32.8. The molecular weight excluding hydrogens is 688 g/mol. The van der Waals surface area contributed by atoms with E-state index in [4.69, 9.17) is 18.9 Å². The molecule has 14 unspecified atom stereocenters. The van der Waals surface area contributed by atoms with Gasteiger partial charge >= 0.3 is 11.9 Å². The first-order valence-corrected chi connectivity index (χ1v) is 18.6. The molecule has 5 aliphatic rings. The first-order valence-electron chi connectivity index (χ1n) is 18.6. The minimum absolute atomic E-state index is 0.0691. The predicted octanol–water partition coefficient (Wildman–Crippen LogP) is 2.92. The molecule has 0 radical (unpaired) electrons. The van der Waals surface area contributed by atoms with Gasteiger partial charge in [-0.1, -0.05) is 38.5 Å². The van der Waals surface area contributed by atoms with Crippen molar-refractivity contribution in [3.63, 3.8) is 0 Å². The molecule has 13 heteroatoms. The number of ether oxygens (including phenoxy) is 4. The average Bonchev–Trinajstić information content (AvgIpc) is 3.24. The molecule has 0 amide bonds. The van der Waals surface area contributed by atoms with Crippen LogP contribution in [-0.4, -0.2) is 104 Å². The molecule has 5 rings (SSSR count). The summed E-state index contributed by atoms with van der Waals surface area (Å²) in [7, 11) is 0. The minimum atomic E-state index is -2.17. The number of fused-ring (bicyclic) bond motifs is 5. The van der Waals surface area contributed by atoms with Crippen LogP contribution in [0.1, 0.15) is 102 Å². The molecule has 4 fully saturated rings. The highest BCUT2D eigenvalue weighted by molar-refractivity contribution is 5.98. The van der Waals surface area contributed by atoms with E-state index in [2.05, 4.69) is 0 Å². The molecule has 1 aliphatic heterocycles. The molecule has 0 aromatic rings.